The Bertz CT molecular complexity index is 750. The second-order valence-corrected chi connectivity index (χ2v) is 6.35. The second kappa shape index (κ2) is 9.45. The Labute approximate surface area is 173 Å². The highest BCUT2D eigenvalue weighted by molar-refractivity contribution is 14.0. The zero-order valence-electron chi connectivity index (χ0n) is 14.2. The number of rotatable bonds is 5. The number of guanidine groups is 1. The lowest BCUT2D eigenvalue weighted by Gasteiger charge is -2.12. The first-order chi connectivity index (χ1) is 12.1. The minimum Gasteiger partial charge on any atom is -0.356 e. The summed E-state index contributed by atoms with van der Waals surface area (Å²) in [6.45, 7) is 0.661. The van der Waals surface area contributed by atoms with Crippen LogP contribution in [-0.4, -0.2) is 30.6 Å². The van der Waals surface area contributed by atoms with Crippen LogP contribution in [0.3, 0.4) is 0 Å². The number of nitrogens with zero attached hydrogens (tertiary/aromatic N) is 2. The fourth-order valence-electron chi connectivity index (χ4n) is 2.79. The maximum atomic E-state index is 13.8. The van der Waals surface area contributed by atoms with Gasteiger partial charge in [0.25, 0.3) is 0 Å². The minimum absolute atomic E-state index is 0. The zero-order valence-corrected chi connectivity index (χ0v) is 17.3. The van der Waals surface area contributed by atoms with E-state index >= 15 is 0 Å². The van der Waals surface area contributed by atoms with Crippen LogP contribution in [0.1, 0.15) is 23.5 Å². The molecule has 1 aliphatic carbocycles. The molecule has 1 fully saturated rings. The summed E-state index contributed by atoms with van der Waals surface area (Å²) < 4.78 is 27.6. The molecule has 26 heavy (non-hydrogen) atoms. The predicted octanol–water partition coefficient (Wildman–Crippen LogP) is 3.89. The average Bonchev–Trinajstić information content (AvgIpc) is 3.34. The van der Waals surface area contributed by atoms with Crippen molar-refractivity contribution in [3.63, 3.8) is 0 Å². The molecule has 2 N–H and O–H groups in total. The van der Waals surface area contributed by atoms with Gasteiger partial charge in [0.1, 0.15) is 16.8 Å². The first-order valence-corrected chi connectivity index (χ1v) is 8.48. The highest BCUT2D eigenvalue weighted by atomic mass is 127. The molecule has 1 aliphatic rings. The van der Waals surface area contributed by atoms with E-state index in [4.69, 9.17) is 11.6 Å². The Morgan fingerprint density at radius 2 is 2.00 bits per heavy atom. The maximum absolute atomic E-state index is 13.8. The molecule has 0 amide bonds. The van der Waals surface area contributed by atoms with E-state index in [0.29, 0.717) is 24.1 Å². The first kappa shape index (κ1) is 20.8. The second-order valence-electron chi connectivity index (χ2n) is 5.97. The van der Waals surface area contributed by atoms with Crippen molar-refractivity contribution >= 4 is 41.5 Å². The number of halogens is 4. The lowest BCUT2D eigenvalue weighted by atomic mass is 10.1. The molecule has 1 saturated carbocycles. The smallest absolute Gasteiger partial charge is 0.191 e. The molecule has 2 unspecified atom stereocenters. The summed E-state index contributed by atoms with van der Waals surface area (Å²) in [5, 5.41) is 6.87. The summed E-state index contributed by atoms with van der Waals surface area (Å²) in [7, 11) is 1.67. The quantitative estimate of drug-likeness (QED) is 0.288. The van der Waals surface area contributed by atoms with Gasteiger partial charge in [0.2, 0.25) is 0 Å². The van der Waals surface area contributed by atoms with Crippen LogP contribution in [-0.2, 0) is 6.42 Å². The van der Waals surface area contributed by atoms with Crippen LogP contribution < -0.4 is 10.6 Å². The van der Waals surface area contributed by atoms with E-state index in [2.05, 4.69) is 20.6 Å². The molecule has 4 nitrogen and oxygen atoms in total. The summed E-state index contributed by atoms with van der Waals surface area (Å²) >= 11 is 5.76. The van der Waals surface area contributed by atoms with Gasteiger partial charge in [-0.3, -0.25) is 4.99 Å². The van der Waals surface area contributed by atoms with E-state index in [-0.39, 0.29) is 41.5 Å². The molecule has 0 aliphatic heterocycles. The maximum Gasteiger partial charge on any atom is 0.191 e. The third-order valence-electron chi connectivity index (χ3n) is 4.20. The molecule has 1 aromatic heterocycles. The molecule has 3 rings (SSSR count). The van der Waals surface area contributed by atoms with Crippen molar-refractivity contribution in [2.24, 2.45) is 4.99 Å². The Morgan fingerprint density at radius 1 is 1.27 bits per heavy atom. The van der Waals surface area contributed by atoms with Crippen molar-refractivity contribution in [3.8, 4) is 0 Å². The molecular formula is C18H20ClF2IN4. The van der Waals surface area contributed by atoms with Gasteiger partial charge in [0.15, 0.2) is 5.96 Å². The topological polar surface area (TPSA) is 49.3 Å². The van der Waals surface area contributed by atoms with Gasteiger partial charge in [-0.05, 0) is 36.6 Å². The van der Waals surface area contributed by atoms with Gasteiger partial charge in [0.05, 0.1) is 0 Å². The summed E-state index contributed by atoms with van der Waals surface area (Å²) in [5.41, 5.74) is 1.22. The molecule has 0 spiro atoms. The van der Waals surface area contributed by atoms with E-state index < -0.39 is 11.6 Å². The van der Waals surface area contributed by atoms with Gasteiger partial charge in [-0.25, -0.2) is 13.8 Å². The summed E-state index contributed by atoms with van der Waals surface area (Å²) in [5.74, 6) is -0.536. The molecular weight excluding hydrogens is 473 g/mol. The molecule has 8 heteroatoms. The Hall–Kier alpha value is -1.48. The van der Waals surface area contributed by atoms with Crippen molar-refractivity contribution in [1.82, 2.24) is 15.6 Å². The number of pyridine rings is 1. The van der Waals surface area contributed by atoms with Crippen molar-refractivity contribution in [2.45, 2.75) is 24.8 Å². The van der Waals surface area contributed by atoms with Crippen molar-refractivity contribution < 1.29 is 8.78 Å². The van der Waals surface area contributed by atoms with Crippen molar-refractivity contribution in [1.29, 1.82) is 0 Å². The fourth-order valence-corrected chi connectivity index (χ4v) is 2.90. The first-order valence-electron chi connectivity index (χ1n) is 8.10. The van der Waals surface area contributed by atoms with Crippen LogP contribution in [0, 0.1) is 11.6 Å². The summed E-state index contributed by atoms with van der Waals surface area (Å²) in [6.07, 6.45) is 3.18. The minimum atomic E-state index is -0.493. The lowest BCUT2D eigenvalue weighted by molar-refractivity contribution is 0.553. The molecule has 0 radical (unpaired) electrons. The van der Waals surface area contributed by atoms with Crippen LogP contribution in [0.2, 0.25) is 5.15 Å². The van der Waals surface area contributed by atoms with Crippen molar-refractivity contribution in [3.05, 3.63) is 64.4 Å². The molecule has 0 bridgehead atoms. The van der Waals surface area contributed by atoms with Gasteiger partial charge < -0.3 is 10.6 Å². The molecule has 2 atom stereocenters. The number of benzene rings is 1. The number of aromatic nitrogens is 1. The Kier molecular flexibility index (Phi) is 7.57. The molecule has 1 aromatic carbocycles. The van der Waals surface area contributed by atoms with Crippen LogP contribution in [0.4, 0.5) is 8.78 Å². The fraction of sp³-hybridized carbons (Fsp3) is 0.333. The standard InChI is InChI=1S/C18H19ClF2N4.HI/c1-22-18(23-8-7-11-5-6-16(19)24-10-11)25-15-9-12(15)17-13(20)3-2-4-14(17)21;/h2-6,10,12,15H,7-9H2,1H3,(H2,22,23,25);1H. The number of hydrogen-bond acceptors (Lipinski definition) is 2. The third kappa shape index (κ3) is 5.26. The highest BCUT2D eigenvalue weighted by Crippen LogP contribution is 2.42. The average molecular weight is 493 g/mol. The van der Waals surface area contributed by atoms with E-state index in [0.717, 1.165) is 12.0 Å². The summed E-state index contributed by atoms with van der Waals surface area (Å²) in [6, 6.07) is 7.62. The van der Waals surface area contributed by atoms with Crippen LogP contribution in [0.25, 0.3) is 0 Å². The highest BCUT2D eigenvalue weighted by Gasteiger charge is 2.42. The largest absolute Gasteiger partial charge is 0.356 e. The molecule has 0 saturated heterocycles. The van der Waals surface area contributed by atoms with Gasteiger partial charge in [-0.15, -0.1) is 24.0 Å². The van der Waals surface area contributed by atoms with E-state index in [1.54, 1.807) is 19.3 Å². The molecule has 140 valence electrons. The van der Waals surface area contributed by atoms with Gasteiger partial charge >= 0.3 is 0 Å². The zero-order chi connectivity index (χ0) is 17.8. The van der Waals surface area contributed by atoms with Gasteiger partial charge in [0, 0.05) is 37.3 Å². The SMILES string of the molecule is CN=C(NCCc1ccc(Cl)nc1)NC1CC1c1c(F)cccc1F.I. The van der Waals surface area contributed by atoms with Crippen LogP contribution in [0.15, 0.2) is 41.5 Å². The molecule has 2 aromatic rings. The lowest BCUT2D eigenvalue weighted by Crippen LogP contribution is -2.40. The van der Waals surface area contributed by atoms with E-state index in [9.17, 15) is 8.78 Å². The number of aliphatic imine (C=N–C) groups is 1. The third-order valence-corrected chi connectivity index (χ3v) is 4.43. The number of hydrogen-bond donors (Lipinski definition) is 2. The monoisotopic (exact) mass is 492 g/mol. The van der Waals surface area contributed by atoms with E-state index in [1.807, 2.05) is 6.07 Å². The van der Waals surface area contributed by atoms with Gasteiger partial charge in [-0.2, -0.15) is 0 Å². The molecule has 1 heterocycles. The van der Waals surface area contributed by atoms with Crippen LogP contribution in [0.5, 0.6) is 0 Å². The number of nitrogens with one attached hydrogen (secondary N) is 2. The predicted molar refractivity (Wildman–Crippen MR) is 110 cm³/mol. The Balaban J connectivity index is 0.00000243. The normalized spacial score (nSPS) is 18.8. The van der Waals surface area contributed by atoms with E-state index in [1.165, 1.54) is 18.2 Å². The summed E-state index contributed by atoms with van der Waals surface area (Å²) in [4.78, 5) is 8.19. The van der Waals surface area contributed by atoms with Crippen molar-refractivity contribution in [2.75, 3.05) is 13.6 Å². The van der Waals surface area contributed by atoms with Gasteiger partial charge in [-0.1, -0.05) is 23.7 Å². The van der Waals surface area contributed by atoms with Crippen LogP contribution >= 0.6 is 35.6 Å². The Morgan fingerprint density at radius 3 is 2.62 bits per heavy atom.